The molecular weight excluding hydrogens is 250 g/mol. The molecule has 1 aromatic heterocycles. The molecule has 1 aromatic carbocycles. The zero-order chi connectivity index (χ0) is 13.9. The summed E-state index contributed by atoms with van der Waals surface area (Å²) in [6, 6.07) is 8.22. The van der Waals surface area contributed by atoms with Crippen molar-refractivity contribution in [2.24, 2.45) is 11.7 Å². The van der Waals surface area contributed by atoms with E-state index < -0.39 is 0 Å². The number of H-pyrrole nitrogens is 1. The predicted molar refractivity (Wildman–Crippen MR) is 80.4 cm³/mol. The molecule has 1 aliphatic rings. The van der Waals surface area contributed by atoms with Crippen molar-refractivity contribution in [3.05, 3.63) is 36.0 Å². The Morgan fingerprint density at radius 3 is 3.05 bits per heavy atom. The zero-order valence-electron chi connectivity index (χ0n) is 11.6. The summed E-state index contributed by atoms with van der Waals surface area (Å²) in [6.07, 6.45) is 4.45. The Morgan fingerprint density at radius 1 is 1.40 bits per heavy atom. The molecule has 106 valence electrons. The molecular formula is C16H21N3O. The highest BCUT2D eigenvalue weighted by atomic mass is 16.2. The molecule has 4 heteroatoms. The molecule has 1 amide bonds. The molecule has 1 aliphatic heterocycles. The molecule has 2 heterocycles. The fourth-order valence-electron chi connectivity index (χ4n) is 2.99. The molecule has 0 radical (unpaired) electrons. The molecule has 2 aromatic rings. The van der Waals surface area contributed by atoms with Crippen molar-refractivity contribution in [3.8, 4) is 0 Å². The van der Waals surface area contributed by atoms with E-state index in [1.54, 1.807) is 0 Å². The van der Waals surface area contributed by atoms with E-state index in [0.29, 0.717) is 18.9 Å². The van der Waals surface area contributed by atoms with E-state index in [9.17, 15) is 4.79 Å². The van der Waals surface area contributed by atoms with Gasteiger partial charge in [0.25, 0.3) is 0 Å². The quantitative estimate of drug-likeness (QED) is 0.892. The molecule has 3 N–H and O–H groups in total. The lowest BCUT2D eigenvalue weighted by atomic mass is 10.1. The Kier molecular flexibility index (Phi) is 3.74. The van der Waals surface area contributed by atoms with Crippen molar-refractivity contribution in [3.63, 3.8) is 0 Å². The van der Waals surface area contributed by atoms with Crippen molar-refractivity contribution in [2.75, 3.05) is 19.6 Å². The van der Waals surface area contributed by atoms with Crippen molar-refractivity contribution in [2.45, 2.75) is 19.3 Å². The lowest BCUT2D eigenvalue weighted by Gasteiger charge is -2.16. The first-order valence-corrected chi connectivity index (χ1v) is 7.30. The van der Waals surface area contributed by atoms with Crippen LogP contribution in [0, 0.1) is 5.92 Å². The average Bonchev–Trinajstić information content (AvgIpc) is 3.11. The molecule has 1 unspecified atom stereocenters. The van der Waals surface area contributed by atoms with E-state index in [4.69, 9.17) is 5.73 Å². The van der Waals surface area contributed by atoms with Gasteiger partial charge in [0.1, 0.15) is 0 Å². The number of rotatable bonds is 4. The molecule has 0 spiro atoms. The van der Waals surface area contributed by atoms with E-state index in [0.717, 1.165) is 31.4 Å². The number of amides is 1. The predicted octanol–water partition coefficient (Wildman–Crippen LogP) is 1.91. The van der Waals surface area contributed by atoms with Crippen molar-refractivity contribution in [1.82, 2.24) is 9.88 Å². The van der Waals surface area contributed by atoms with Gasteiger partial charge in [0.05, 0.1) is 0 Å². The van der Waals surface area contributed by atoms with Gasteiger partial charge in [0.2, 0.25) is 5.91 Å². The summed E-state index contributed by atoms with van der Waals surface area (Å²) < 4.78 is 0. The van der Waals surface area contributed by atoms with Gasteiger partial charge in [-0.1, -0.05) is 18.2 Å². The van der Waals surface area contributed by atoms with Gasteiger partial charge in [0, 0.05) is 36.6 Å². The van der Waals surface area contributed by atoms with Crippen LogP contribution in [0.15, 0.2) is 30.5 Å². The number of carbonyl (C=O) groups is 1. The zero-order valence-corrected chi connectivity index (χ0v) is 11.6. The summed E-state index contributed by atoms with van der Waals surface area (Å²) in [5, 5.41) is 1.22. The number of nitrogens with one attached hydrogen (secondary N) is 1. The Labute approximate surface area is 118 Å². The van der Waals surface area contributed by atoms with Crippen LogP contribution >= 0.6 is 0 Å². The van der Waals surface area contributed by atoms with Crippen LogP contribution in [0.25, 0.3) is 10.9 Å². The first-order valence-electron chi connectivity index (χ1n) is 7.30. The third-order valence-corrected chi connectivity index (χ3v) is 4.26. The second-order valence-electron chi connectivity index (χ2n) is 5.59. The fraction of sp³-hybridized carbons (Fsp3) is 0.438. The number of aromatic nitrogens is 1. The Balaban J connectivity index is 1.61. The van der Waals surface area contributed by atoms with Crippen LogP contribution in [0.4, 0.5) is 0 Å². The van der Waals surface area contributed by atoms with Gasteiger partial charge in [-0.15, -0.1) is 0 Å². The number of fused-ring (bicyclic) bond motifs is 1. The normalized spacial score (nSPS) is 18.9. The van der Waals surface area contributed by atoms with Gasteiger partial charge in [-0.3, -0.25) is 4.79 Å². The van der Waals surface area contributed by atoms with E-state index in [2.05, 4.69) is 17.1 Å². The van der Waals surface area contributed by atoms with Crippen LogP contribution in [0.2, 0.25) is 0 Å². The number of nitrogens with two attached hydrogens (primary N) is 1. The second kappa shape index (κ2) is 5.67. The SMILES string of the molecule is NCC1CCN(C(=O)CCc2c[nH]c3ccccc23)C1. The van der Waals surface area contributed by atoms with Gasteiger partial charge < -0.3 is 15.6 Å². The summed E-state index contributed by atoms with van der Waals surface area (Å²) in [6.45, 7) is 2.39. The summed E-state index contributed by atoms with van der Waals surface area (Å²) >= 11 is 0. The summed E-state index contributed by atoms with van der Waals surface area (Å²) in [7, 11) is 0. The first kappa shape index (κ1) is 13.2. The van der Waals surface area contributed by atoms with Gasteiger partial charge in [0.15, 0.2) is 0 Å². The number of hydrogen-bond acceptors (Lipinski definition) is 2. The van der Waals surface area contributed by atoms with Crippen LogP contribution in [0.5, 0.6) is 0 Å². The highest BCUT2D eigenvalue weighted by molar-refractivity contribution is 5.84. The number of likely N-dealkylation sites (tertiary alicyclic amines) is 1. The van der Waals surface area contributed by atoms with E-state index in [-0.39, 0.29) is 5.91 Å². The first-order chi connectivity index (χ1) is 9.78. The number of carbonyl (C=O) groups excluding carboxylic acids is 1. The maximum Gasteiger partial charge on any atom is 0.222 e. The number of aromatic amines is 1. The topological polar surface area (TPSA) is 62.1 Å². The van der Waals surface area contributed by atoms with Gasteiger partial charge >= 0.3 is 0 Å². The Morgan fingerprint density at radius 2 is 2.25 bits per heavy atom. The van der Waals surface area contributed by atoms with Crippen LogP contribution in [0.1, 0.15) is 18.4 Å². The third-order valence-electron chi connectivity index (χ3n) is 4.26. The van der Waals surface area contributed by atoms with Gasteiger partial charge in [-0.05, 0) is 36.9 Å². The molecule has 0 bridgehead atoms. The monoisotopic (exact) mass is 271 g/mol. The highest BCUT2D eigenvalue weighted by Gasteiger charge is 2.24. The minimum Gasteiger partial charge on any atom is -0.361 e. The van der Waals surface area contributed by atoms with Crippen molar-refractivity contribution in [1.29, 1.82) is 0 Å². The number of nitrogens with zero attached hydrogens (tertiary/aromatic N) is 1. The molecule has 3 rings (SSSR count). The fourth-order valence-corrected chi connectivity index (χ4v) is 2.99. The summed E-state index contributed by atoms with van der Waals surface area (Å²) in [5.74, 6) is 0.748. The smallest absolute Gasteiger partial charge is 0.222 e. The highest BCUT2D eigenvalue weighted by Crippen LogP contribution is 2.20. The molecule has 4 nitrogen and oxygen atoms in total. The summed E-state index contributed by atoms with van der Waals surface area (Å²) in [4.78, 5) is 17.4. The van der Waals surface area contributed by atoms with Crippen molar-refractivity contribution >= 4 is 16.8 Å². The number of hydrogen-bond donors (Lipinski definition) is 2. The molecule has 1 fully saturated rings. The maximum absolute atomic E-state index is 12.2. The lowest BCUT2D eigenvalue weighted by molar-refractivity contribution is -0.130. The van der Waals surface area contributed by atoms with Crippen LogP contribution in [-0.2, 0) is 11.2 Å². The maximum atomic E-state index is 12.2. The third kappa shape index (κ3) is 2.56. The largest absolute Gasteiger partial charge is 0.361 e. The Hall–Kier alpha value is -1.81. The summed E-state index contributed by atoms with van der Waals surface area (Å²) in [5.41, 5.74) is 8.03. The molecule has 1 atom stereocenters. The molecule has 1 saturated heterocycles. The van der Waals surface area contributed by atoms with E-state index in [1.165, 1.54) is 10.9 Å². The van der Waals surface area contributed by atoms with Crippen LogP contribution in [0.3, 0.4) is 0 Å². The number of benzene rings is 1. The minimum atomic E-state index is 0.256. The Bertz CT molecular complexity index is 605. The van der Waals surface area contributed by atoms with Gasteiger partial charge in [-0.25, -0.2) is 0 Å². The van der Waals surface area contributed by atoms with Gasteiger partial charge in [-0.2, -0.15) is 0 Å². The average molecular weight is 271 g/mol. The second-order valence-corrected chi connectivity index (χ2v) is 5.59. The minimum absolute atomic E-state index is 0.256. The standard InChI is InChI=1S/C16H21N3O/c17-9-12-7-8-19(11-12)16(20)6-5-13-10-18-15-4-2-1-3-14(13)15/h1-4,10,12,18H,5-9,11,17H2. The van der Waals surface area contributed by atoms with E-state index >= 15 is 0 Å². The molecule has 20 heavy (non-hydrogen) atoms. The van der Waals surface area contributed by atoms with Crippen LogP contribution in [-0.4, -0.2) is 35.4 Å². The number of para-hydroxylation sites is 1. The number of aryl methyl sites for hydroxylation is 1. The lowest BCUT2D eigenvalue weighted by Crippen LogP contribution is -2.29. The molecule has 0 saturated carbocycles. The van der Waals surface area contributed by atoms with E-state index in [1.807, 2.05) is 23.2 Å². The van der Waals surface area contributed by atoms with Crippen LogP contribution < -0.4 is 5.73 Å². The van der Waals surface area contributed by atoms with Crippen molar-refractivity contribution < 1.29 is 4.79 Å². The molecule has 0 aliphatic carbocycles.